The number of hydrogen-bond acceptors (Lipinski definition) is 4. The Hall–Kier alpha value is -2.21. The number of nitrogens with zero attached hydrogens (tertiary/aromatic N) is 1. The van der Waals surface area contributed by atoms with Gasteiger partial charge in [0.2, 0.25) is 0 Å². The first-order chi connectivity index (χ1) is 13.0. The Labute approximate surface area is 167 Å². The van der Waals surface area contributed by atoms with Crippen molar-refractivity contribution < 1.29 is 9.72 Å². The second kappa shape index (κ2) is 9.13. The van der Waals surface area contributed by atoms with Crippen molar-refractivity contribution >= 4 is 33.1 Å². The number of nitrogens with one attached hydrogen (secondary N) is 1. The molecular formula is C21H23BrN2O3. The van der Waals surface area contributed by atoms with Crippen molar-refractivity contribution in [1.29, 1.82) is 0 Å². The minimum absolute atomic E-state index is 0.0305. The van der Waals surface area contributed by atoms with Crippen LogP contribution >= 0.6 is 15.9 Å². The summed E-state index contributed by atoms with van der Waals surface area (Å²) >= 11 is 3.40. The fourth-order valence-corrected chi connectivity index (χ4v) is 3.98. The molecule has 27 heavy (non-hydrogen) atoms. The maximum Gasteiger partial charge on any atom is 0.269 e. The molecule has 1 saturated carbocycles. The van der Waals surface area contributed by atoms with Gasteiger partial charge in [0.15, 0.2) is 5.78 Å². The molecular weight excluding hydrogens is 408 g/mol. The highest BCUT2D eigenvalue weighted by Crippen LogP contribution is 2.31. The number of Topliss-reactive ketones (excluding diaryl/α,β-unsaturated/α-hetero) is 1. The summed E-state index contributed by atoms with van der Waals surface area (Å²) in [4.78, 5) is 23.2. The van der Waals surface area contributed by atoms with Gasteiger partial charge in [-0.2, -0.15) is 0 Å². The first-order valence-corrected chi connectivity index (χ1v) is 10.1. The molecule has 0 bridgehead atoms. The molecule has 1 aliphatic carbocycles. The highest BCUT2D eigenvalue weighted by Gasteiger charge is 2.26. The van der Waals surface area contributed by atoms with E-state index in [-0.39, 0.29) is 17.5 Å². The largest absolute Gasteiger partial charge is 0.382 e. The fourth-order valence-electron chi connectivity index (χ4n) is 3.72. The monoisotopic (exact) mass is 430 g/mol. The first kappa shape index (κ1) is 19.5. The average Bonchev–Trinajstić information content (AvgIpc) is 2.69. The molecule has 1 N–H and O–H groups in total. The Morgan fingerprint density at radius 1 is 1.07 bits per heavy atom. The van der Waals surface area contributed by atoms with E-state index < -0.39 is 4.92 Å². The molecule has 0 saturated heterocycles. The van der Waals surface area contributed by atoms with Gasteiger partial charge < -0.3 is 5.32 Å². The van der Waals surface area contributed by atoms with Crippen molar-refractivity contribution in [1.82, 2.24) is 0 Å². The number of non-ortho nitro benzene ring substituents is 1. The van der Waals surface area contributed by atoms with Gasteiger partial charge >= 0.3 is 0 Å². The van der Waals surface area contributed by atoms with Gasteiger partial charge in [-0.05, 0) is 43.0 Å². The molecule has 0 aromatic heterocycles. The second-order valence-electron chi connectivity index (χ2n) is 7.09. The van der Waals surface area contributed by atoms with Crippen LogP contribution in [0.15, 0.2) is 53.0 Å². The van der Waals surface area contributed by atoms with Gasteiger partial charge in [0.25, 0.3) is 5.69 Å². The number of anilines is 1. The minimum Gasteiger partial charge on any atom is -0.382 e. The number of carbonyl (C=O) groups is 1. The van der Waals surface area contributed by atoms with Crippen molar-refractivity contribution in [3.8, 4) is 0 Å². The summed E-state index contributed by atoms with van der Waals surface area (Å²) in [6, 6.07) is 13.9. The molecule has 2 aromatic carbocycles. The summed E-state index contributed by atoms with van der Waals surface area (Å²) in [5, 5.41) is 14.3. The molecule has 1 aliphatic rings. The van der Waals surface area contributed by atoms with Crippen LogP contribution in [0.3, 0.4) is 0 Å². The zero-order chi connectivity index (χ0) is 19.2. The number of nitro groups is 1. The predicted molar refractivity (Wildman–Crippen MR) is 110 cm³/mol. The molecule has 3 rings (SSSR count). The van der Waals surface area contributed by atoms with Gasteiger partial charge in [-0.15, -0.1) is 0 Å². The third-order valence-corrected chi connectivity index (χ3v) is 5.75. The van der Waals surface area contributed by atoms with Crippen LogP contribution < -0.4 is 5.32 Å². The average molecular weight is 431 g/mol. The lowest BCUT2D eigenvalue weighted by atomic mass is 9.81. The maximum absolute atomic E-state index is 12.8. The van der Waals surface area contributed by atoms with Crippen LogP contribution in [0.2, 0.25) is 0 Å². The molecule has 1 atom stereocenters. The summed E-state index contributed by atoms with van der Waals surface area (Å²) in [6.07, 6.45) is 6.27. The third-order valence-electron chi connectivity index (χ3n) is 5.22. The van der Waals surface area contributed by atoms with Crippen LogP contribution in [-0.4, -0.2) is 16.7 Å². The number of halogens is 1. The summed E-state index contributed by atoms with van der Waals surface area (Å²) < 4.78 is 0.951. The lowest BCUT2D eigenvalue weighted by Crippen LogP contribution is -2.33. The molecule has 0 aliphatic heterocycles. The van der Waals surface area contributed by atoms with Crippen molar-refractivity contribution in [2.45, 2.75) is 44.6 Å². The maximum atomic E-state index is 12.8. The highest BCUT2D eigenvalue weighted by atomic mass is 79.9. The van der Waals surface area contributed by atoms with E-state index in [0.29, 0.717) is 17.9 Å². The van der Waals surface area contributed by atoms with Gasteiger partial charge in [-0.3, -0.25) is 14.9 Å². The Balaban J connectivity index is 1.74. The van der Waals surface area contributed by atoms with Crippen LogP contribution in [-0.2, 0) is 0 Å². The van der Waals surface area contributed by atoms with E-state index in [4.69, 9.17) is 0 Å². The van der Waals surface area contributed by atoms with E-state index in [9.17, 15) is 14.9 Å². The Morgan fingerprint density at radius 2 is 1.70 bits per heavy atom. The summed E-state index contributed by atoms with van der Waals surface area (Å²) in [5.41, 5.74) is 1.60. The molecule has 6 heteroatoms. The molecule has 0 spiro atoms. The SMILES string of the molecule is O=C(CC(Nc1ccc([N+](=O)[O-])cc1)C1CCCCC1)c1ccc(Br)cc1. The van der Waals surface area contributed by atoms with E-state index in [1.54, 1.807) is 12.1 Å². The first-order valence-electron chi connectivity index (χ1n) is 9.32. The molecule has 2 aromatic rings. The summed E-state index contributed by atoms with van der Waals surface area (Å²) in [5.74, 6) is 0.556. The number of benzene rings is 2. The fraction of sp³-hybridized carbons (Fsp3) is 0.381. The molecule has 1 unspecified atom stereocenters. The van der Waals surface area contributed by atoms with Gasteiger partial charge in [-0.25, -0.2) is 0 Å². The number of ketones is 1. The smallest absolute Gasteiger partial charge is 0.269 e. The number of nitro benzene ring substituents is 1. The van der Waals surface area contributed by atoms with E-state index in [1.165, 1.54) is 31.4 Å². The molecule has 0 heterocycles. The molecule has 0 radical (unpaired) electrons. The number of carbonyl (C=O) groups excluding carboxylic acids is 1. The lowest BCUT2D eigenvalue weighted by molar-refractivity contribution is -0.384. The van der Waals surface area contributed by atoms with Gasteiger partial charge in [0, 0.05) is 40.3 Å². The van der Waals surface area contributed by atoms with Crippen LogP contribution in [0.5, 0.6) is 0 Å². The predicted octanol–water partition coefficient (Wildman–Crippen LogP) is 5.99. The molecule has 1 fully saturated rings. The van der Waals surface area contributed by atoms with Gasteiger partial charge in [0.1, 0.15) is 0 Å². The van der Waals surface area contributed by atoms with Crippen molar-refractivity contribution in [3.05, 3.63) is 68.7 Å². The summed E-state index contributed by atoms with van der Waals surface area (Å²) in [7, 11) is 0. The molecule has 0 amide bonds. The van der Waals surface area contributed by atoms with E-state index in [0.717, 1.165) is 23.0 Å². The number of hydrogen-bond donors (Lipinski definition) is 1. The van der Waals surface area contributed by atoms with E-state index >= 15 is 0 Å². The molecule has 142 valence electrons. The van der Waals surface area contributed by atoms with Crippen molar-refractivity contribution in [2.24, 2.45) is 5.92 Å². The zero-order valence-corrected chi connectivity index (χ0v) is 16.7. The standard InChI is InChI=1S/C21H23BrN2O3/c22-17-8-6-16(7-9-17)21(25)14-20(15-4-2-1-3-5-15)23-18-10-12-19(13-11-18)24(26)27/h6-13,15,20,23H,1-5,14H2. The van der Waals surface area contributed by atoms with Gasteiger partial charge in [0.05, 0.1) is 4.92 Å². The van der Waals surface area contributed by atoms with Crippen LogP contribution in [0.1, 0.15) is 48.9 Å². The Bertz CT molecular complexity index is 784. The van der Waals surface area contributed by atoms with Crippen LogP contribution in [0.4, 0.5) is 11.4 Å². The van der Waals surface area contributed by atoms with Gasteiger partial charge in [-0.1, -0.05) is 47.3 Å². The lowest BCUT2D eigenvalue weighted by Gasteiger charge is -2.31. The van der Waals surface area contributed by atoms with Crippen molar-refractivity contribution in [2.75, 3.05) is 5.32 Å². The second-order valence-corrected chi connectivity index (χ2v) is 8.00. The number of rotatable bonds is 7. The topological polar surface area (TPSA) is 72.2 Å². The summed E-state index contributed by atoms with van der Waals surface area (Å²) in [6.45, 7) is 0. The highest BCUT2D eigenvalue weighted by molar-refractivity contribution is 9.10. The van der Waals surface area contributed by atoms with E-state index in [2.05, 4.69) is 21.2 Å². The Morgan fingerprint density at radius 3 is 2.30 bits per heavy atom. The third kappa shape index (κ3) is 5.39. The molecule has 5 nitrogen and oxygen atoms in total. The zero-order valence-electron chi connectivity index (χ0n) is 15.1. The van der Waals surface area contributed by atoms with E-state index in [1.807, 2.05) is 24.3 Å². The van der Waals surface area contributed by atoms with Crippen molar-refractivity contribution in [3.63, 3.8) is 0 Å². The van der Waals surface area contributed by atoms with Crippen LogP contribution in [0, 0.1) is 16.0 Å². The Kier molecular flexibility index (Phi) is 6.61. The normalized spacial score (nSPS) is 15.9. The minimum atomic E-state index is -0.403. The van der Waals surface area contributed by atoms with Crippen LogP contribution in [0.25, 0.3) is 0 Å². The quantitative estimate of drug-likeness (QED) is 0.332.